The van der Waals surface area contributed by atoms with Crippen LogP contribution in [0.2, 0.25) is 5.02 Å². The number of nitrogen functional groups attached to an aromatic ring is 1. The molecule has 17 heavy (non-hydrogen) atoms. The Morgan fingerprint density at radius 3 is 2.47 bits per heavy atom. The van der Waals surface area contributed by atoms with Gasteiger partial charge in [0.25, 0.3) is 0 Å². The first kappa shape index (κ1) is 12.6. The van der Waals surface area contributed by atoms with E-state index in [-0.39, 0.29) is 0 Å². The van der Waals surface area contributed by atoms with Crippen LogP contribution in [0.15, 0.2) is 12.1 Å². The summed E-state index contributed by atoms with van der Waals surface area (Å²) in [7, 11) is 0. The second-order valence-corrected chi connectivity index (χ2v) is 5.43. The Kier molecular flexibility index (Phi) is 4.16. The Labute approximate surface area is 109 Å². The molecule has 0 saturated heterocycles. The summed E-state index contributed by atoms with van der Waals surface area (Å²) in [6, 6.07) is 4.47. The molecule has 0 aromatic heterocycles. The van der Waals surface area contributed by atoms with E-state index in [9.17, 15) is 0 Å². The average Bonchev–Trinajstić information content (AvgIpc) is 2.54. The van der Waals surface area contributed by atoms with Gasteiger partial charge < -0.3 is 11.1 Å². The number of aryl methyl sites for hydroxylation is 1. The van der Waals surface area contributed by atoms with Crippen LogP contribution in [0.3, 0.4) is 0 Å². The summed E-state index contributed by atoms with van der Waals surface area (Å²) < 4.78 is 0. The molecule has 0 atom stereocenters. The molecule has 1 aliphatic carbocycles. The molecule has 1 fully saturated rings. The predicted molar refractivity (Wildman–Crippen MR) is 75.7 cm³/mol. The maximum absolute atomic E-state index is 6.05. The van der Waals surface area contributed by atoms with Crippen LogP contribution < -0.4 is 11.1 Å². The van der Waals surface area contributed by atoms with Gasteiger partial charge in [-0.25, -0.2) is 0 Å². The first-order chi connectivity index (χ1) is 8.16. The van der Waals surface area contributed by atoms with E-state index in [2.05, 4.69) is 11.4 Å². The summed E-state index contributed by atoms with van der Waals surface area (Å²) in [6.07, 6.45) is 7.89. The molecule has 1 saturated carbocycles. The van der Waals surface area contributed by atoms with E-state index in [1.54, 1.807) is 0 Å². The molecule has 2 rings (SSSR count). The molecule has 1 aromatic rings. The van der Waals surface area contributed by atoms with E-state index < -0.39 is 0 Å². The number of hydrogen-bond acceptors (Lipinski definition) is 2. The van der Waals surface area contributed by atoms with Crippen molar-refractivity contribution in [3.8, 4) is 0 Å². The smallest absolute Gasteiger partial charge is 0.0579 e. The molecule has 0 spiro atoms. The van der Waals surface area contributed by atoms with Crippen molar-refractivity contribution >= 4 is 23.0 Å². The molecule has 94 valence electrons. The molecule has 1 aromatic carbocycles. The summed E-state index contributed by atoms with van der Waals surface area (Å²) in [4.78, 5) is 0. The highest BCUT2D eigenvalue weighted by molar-refractivity contribution is 6.31. The van der Waals surface area contributed by atoms with Gasteiger partial charge in [-0.2, -0.15) is 0 Å². The Bertz CT molecular complexity index is 382. The third-order valence-electron chi connectivity index (χ3n) is 3.55. The van der Waals surface area contributed by atoms with Gasteiger partial charge in [0.15, 0.2) is 0 Å². The van der Waals surface area contributed by atoms with Crippen molar-refractivity contribution in [3.05, 3.63) is 22.7 Å². The minimum atomic E-state index is 0.570. The van der Waals surface area contributed by atoms with Crippen LogP contribution >= 0.6 is 11.6 Å². The highest BCUT2D eigenvalue weighted by atomic mass is 35.5. The third kappa shape index (κ3) is 3.29. The first-order valence-corrected chi connectivity index (χ1v) is 6.87. The van der Waals surface area contributed by atoms with Crippen molar-refractivity contribution < 1.29 is 0 Å². The summed E-state index contributed by atoms with van der Waals surface area (Å²) in [5.41, 5.74) is 8.88. The van der Waals surface area contributed by atoms with Crippen LogP contribution in [0.25, 0.3) is 0 Å². The third-order valence-corrected chi connectivity index (χ3v) is 3.95. The van der Waals surface area contributed by atoms with Crippen LogP contribution in [0.5, 0.6) is 0 Å². The molecule has 3 heteroatoms. The van der Waals surface area contributed by atoms with Crippen molar-refractivity contribution in [2.24, 2.45) is 0 Å². The number of nitrogens with one attached hydrogen (secondary N) is 1. The van der Waals surface area contributed by atoms with Crippen molar-refractivity contribution in [1.29, 1.82) is 0 Å². The van der Waals surface area contributed by atoms with Crippen LogP contribution in [-0.4, -0.2) is 6.04 Å². The monoisotopic (exact) mass is 252 g/mol. The topological polar surface area (TPSA) is 38.0 Å². The summed E-state index contributed by atoms with van der Waals surface area (Å²) in [6.45, 7) is 2.01. The fourth-order valence-corrected chi connectivity index (χ4v) is 2.64. The first-order valence-electron chi connectivity index (χ1n) is 6.49. The van der Waals surface area contributed by atoms with Crippen molar-refractivity contribution in [1.82, 2.24) is 0 Å². The molecular formula is C14H21ClN2. The summed E-state index contributed by atoms with van der Waals surface area (Å²) in [5.74, 6) is 0. The highest BCUT2D eigenvalue weighted by Gasteiger charge is 2.13. The van der Waals surface area contributed by atoms with Gasteiger partial charge in [0.1, 0.15) is 0 Å². The molecular weight excluding hydrogens is 232 g/mol. The highest BCUT2D eigenvalue weighted by Crippen LogP contribution is 2.29. The molecule has 2 nitrogen and oxygen atoms in total. The van der Waals surface area contributed by atoms with E-state index >= 15 is 0 Å². The number of halogens is 1. The number of benzene rings is 1. The molecule has 0 unspecified atom stereocenters. The van der Waals surface area contributed by atoms with Gasteiger partial charge in [0.2, 0.25) is 0 Å². The van der Waals surface area contributed by atoms with Crippen molar-refractivity contribution in [2.75, 3.05) is 11.1 Å². The molecule has 0 bridgehead atoms. The second kappa shape index (κ2) is 5.63. The number of anilines is 2. The van der Waals surface area contributed by atoms with Gasteiger partial charge >= 0.3 is 0 Å². The van der Waals surface area contributed by atoms with E-state index in [1.807, 2.05) is 13.0 Å². The van der Waals surface area contributed by atoms with Crippen LogP contribution in [0, 0.1) is 6.92 Å². The number of hydrogen-bond donors (Lipinski definition) is 2. The summed E-state index contributed by atoms with van der Waals surface area (Å²) in [5, 5.41) is 4.32. The van der Waals surface area contributed by atoms with E-state index in [4.69, 9.17) is 17.3 Å². The minimum Gasteiger partial charge on any atom is -0.397 e. The molecule has 0 radical (unpaired) electrons. The van der Waals surface area contributed by atoms with E-state index in [0.29, 0.717) is 6.04 Å². The molecule has 1 aliphatic rings. The maximum Gasteiger partial charge on any atom is 0.0579 e. The minimum absolute atomic E-state index is 0.570. The number of nitrogens with two attached hydrogens (primary N) is 1. The van der Waals surface area contributed by atoms with Crippen LogP contribution in [0.4, 0.5) is 11.4 Å². The number of rotatable bonds is 2. The Balaban J connectivity index is 2.09. The van der Waals surface area contributed by atoms with Gasteiger partial charge in [0.05, 0.1) is 11.4 Å². The second-order valence-electron chi connectivity index (χ2n) is 5.02. The molecule has 0 aliphatic heterocycles. The fourth-order valence-electron chi connectivity index (χ4n) is 2.47. The predicted octanol–water partition coefficient (Wildman–Crippen LogP) is 4.37. The van der Waals surface area contributed by atoms with Crippen molar-refractivity contribution in [2.45, 2.75) is 51.5 Å². The van der Waals surface area contributed by atoms with E-state index in [1.165, 1.54) is 38.5 Å². The van der Waals surface area contributed by atoms with Gasteiger partial charge in [-0.05, 0) is 37.5 Å². The maximum atomic E-state index is 6.05. The largest absolute Gasteiger partial charge is 0.397 e. The lowest BCUT2D eigenvalue weighted by molar-refractivity contribution is 0.620. The van der Waals surface area contributed by atoms with Gasteiger partial charge in [-0.3, -0.25) is 0 Å². The lowest BCUT2D eigenvalue weighted by atomic mass is 10.1. The fraction of sp³-hybridized carbons (Fsp3) is 0.571. The summed E-state index contributed by atoms with van der Waals surface area (Å²) >= 11 is 6.05. The quantitative estimate of drug-likeness (QED) is 0.606. The average molecular weight is 253 g/mol. The zero-order chi connectivity index (χ0) is 12.3. The molecule has 3 N–H and O–H groups in total. The van der Waals surface area contributed by atoms with Crippen LogP contribution in [0.1, 0.15) is 44.1 Å². The zero-order valence-corrected chi connectivity index (χ0v) is 11.2. The van der Waals surface area contributed by atoms with Gasteiger partial charge in [-0.15, -0.1) is 0 Å². The van der Waals surface area contributed by atoms with Gasteiger partial charge in [-0.1, -0.05) is 37.3 Å². The molecule has 0 heterocycles. The lowest BCUT2D eigenvalue weighted by Gasteiger charge is -2.19. The SMILES string of the molecule is Cc1cc(NC2CCCCCC2)c(N)cc1Cl. The Hall–Kier alpha value is -0.890. The molecule has 0 amide bonds. The lowest BCUT2D eigenvalue weighted by Crippen LogP contribution is -2.19. The van der Waals surface area contributed by atoms with E-state index in [0.717, 1.165) is 22.0 Å². The Morgan fingerprint density at radius 2 is 1.82 bits per heavy atom. The Morgan fingerprint density at radius 1 is 1.18 bits per heavy atom. The van der Waals surface area contributed by atoms with Crippen molar-refractivity contribution in [3.63, 3.8) is 0 Å². The normalized spacial score (nSPS) is 17.8. The zero-order valence-electron chi connectivity index (χ0n) is 10.4. The van der Waals surface area contributed by atoms with Gasteiger partial charge in [0, 0.05) is 11.1 Å². The standard InChI is InChI=1S/C14H21ClN2/c1-10-8-14(13(16)9-12(10)15)17-11-6-4-2-3-5-7-11/h8-9,11,17H,2-7,16H2,1H3. The van der Waals surface area contributed by atoms with Crippen LogP contribution in [-0.2, 0) is 0 Å².